The molecule has 0 fully saturated rings. The molecule has 0 unspecified atom stereocenters. The summed E-state index contributed by atoms with van der Waals surface area (Å²) in [5.41, 5.74) is 1.18. The Balaban J connectivity index is 1.48. The molecule has 3 rings (SSSR count). The monoisotopic (exact) mass is 396 g/mol. The number of nitriles is 1. The van der Waals surface area contributed by atoms with Gasteiger partial charge < -0.3 is 14.6 Å². The number of anilines is 1. The van der Waals surface area contributed by atoms with Gasteiger partial charge in [0.2, 0.25) is 11.7 Å². The van der Waals surface area contributed by atoms with Gasteiger partial charge in [-0.05, 0) is 18.4 Å². The number of ether oxygens (including phenoxy) is 1. The number of esters is 1. The number of nitrogens with one attached hydrogen (secondary N) is 1. The third kappa shape index (κ3) is 4.81. The fraction of sp³-hybridized carbons (Fsp3) is 0.211. The second-order valence-electron chi connectivity index (χ2n) is 5.77. The molecule has 0 aliphatic heterocycles. The minimum atomic E-state index is -0.997. The quantitative estimate of drug-likeness (QED) is 0.609. The van der Waals surface area contributed by atoms with Crippen molar-refractivity contribution in [1.29, 1.82) is 5.26 Å². The molecule has 0 saturated carbocycles. The highest BCUT2D eigenvalue weighted by Crippen LogP contribution is 2.22. The van der Waals surface area contributed by atoms with Crippen LogP contribution in [0.3, 0.4) is 0 Å². The molecule has 28 heavy (non-hydrogen) atoms. The number of aromatic nitrogens is 2. The van der Waals surface area contributed by atoms with Crippen LogP contribution in [-0.2, 0) is 20.7 Å². The molecule has 1 N–H and O–H groups in total. The number of aryl methyl sites for hydroxylation is 1. The van der Waals surface area contributed by atoms with Gasteiger partial charge in [0, 0.05) is 12.0 Å². The summed E-state index contributed by atoms with van der Waals surface area (Å²) < 4.78 is 10.3. The summed E-state index contributed by atoms with van der Waals surface area (Å²) in [6.07, 6.45) is -0.795. The molecule has 8 nitrogen and oxygen atoms in total. The summed E-state index contributed by atoms with van der Waals surface area (Å²) >= 11 is 1.22. The highest BCUT2D eigenvalue weighted by molar-refractivity contribution is 7.14. The van der Waals surface area contributed by atoms with Crippen LogP contribution in [0, 0.1) is 11.3 Å². The van der Waals surface area contributed by atoms with Crippen LogP contribution in [-0.4, -0.2) is 28.1 Å². The predicted octanol–water partition coefficient (Wildman–Crippen LogP) is 3.17. The third-order valence-corrected chi connectivity index (χ3v) is 4.57. The van der Waals surface area contributed by atoms with Gasteiger partial charge in [-0.25, -0.2) is 0 Å². The molecular formula is C19H16N4O4S. The lowest BCUT2D eigenvalue weighted by Gasteiger charge is -2.12. The van der Waals surface area contributed by atoms with Crippen molar-refractivity contribution in [2.45, 2.75) is 25.9 Å². The molecule has 0 bridgehead atoms. The van der Waals surface area contributed by atoms with Crippen molar-refractivity contribution in [3.63, 3.8) is 0 Å². The number of rotatable bonds is 7. The second kappa shape index (κ2) is 8.92. The molecule has 0 saturated heterocycles. The largest absolute Gasteiger partial charge is 0.453 e. The molecule has 1 aromatic carbocycles. The highest BCUT2D eigenvalue weighted by Gasteiger charge is 2.20. The smallest absolute Gasteiger partial charge is 0.307 e. The normalized spacial score (nSPS) is 11.4. The van der Waals surface area contributed by atoms with Crippen molar-refractivity contribution in [3.8, 4) is 17.5 Å². The van der Waals surface area contributed by atoms with Gasteiger partial charge in [0.1, 0.15) is 11.1 Å². The lowest BCUT2D eigenvalue weighted by atomic mass is 10.2. The van der Waals surface area contributed by atoms with E-state index in [9.17, 15) is 9.59 Å². The molecule has 0 aliphatic rings. The van der Waals surface area contributed by atoms with Crippen LogP contribution < -0.4 is 5.32 Å². The Morgan fingerprint density at radius 1 is 1.32 bits per heavy atom. The maximum Gasteiger partial charge on any atom is 0.307 e. The second-order valence-corrected chi connectivity index (χ2v) is 6.69. The zero-order valence-corrected chi connectivity index (χ0v) is 15.7. The van der Waals surface area contributed by atoms with Gasteiger partial charge in [-0.2, -0.15) is 10.2 Å². The van der Waals surface area contributed by atoms with Gasteiger partial charge in [0.25, 0.3) is 5.91 Å². The number of carbonyl (C=O) groups excluding carboxylic acids is 2. The van der Waals surface area contributed by atoms with Crippen molar-refractivity contribution >= 4 is 28.2 Å². The van der Waals surface area contributed by atoms with E-state index in [2.05, 4.69) is 15.5 Å². The number of amides is 1. The van der Waals surface area contributed by atoms with Gasteiger partial charge in [0.15, 0.2) is 6.10 Å². The van der Waals surface area contributed by atoms with E-state index < -0.39 is 18.0 Å². The Morgan fingerprint density at radius 2 is 2.11 bits per heavy atom. The van der Waals surface area contributed by atoms with Gasteiger partial charge in [0.05, 0.1) is 12.0 Å². The first-order valence-corrected chi connectivity index (χ1v) is 9.30. The number of hydrogen-bond donors (Lipinski definition) is 1. The first kappa shape index (κ1) is 19.3. The van der Waals surface area contributed by atoms with E-state index in [1.165, 1.54) is 18.3 Å². The Morgan fingerprint density at radius 3 is 2.86 bits per heavy atom. The minimum Gasteiger partial charge on any atom is -0.453 e. The number of hydrogen-bond acceptors (Lipinski definition) is 8. The third-order valence-electron chi connectivity index (χ3n) is 3.74. The first-order chi connectivity index (χ1) is 13.6. The van der Waals surface area contributed by atoms with E-state index >= 15 is 0 Å². The standard InChI is InChI=1S/C19H16N4O4S/c1-12(18(25)22-19-14(11-20)9-10-28-19)26-16(24)8-7-15-21-17(23-27-15)13-5-3-2-4-6-13/h2-6,9-10,12H,7-8H2,1H3,(H,22,25)/t12-/m1/s1. The zero-order valence-electron chi connectivity index (χ0n) is 14.9. The van der Waals surface area contributed by atoms with Crippen LogP contribution in [0.5, 0.6) is 0 Å². The maximum atomic E-state index is 12.1. The van der Waals surface area contributed by atoms with Crippen molar-refractivity contribution < 1.29 is 18.8 Å². The molecular weight excluding hydrogens is 380 g/mol. The average Bonchev–Trinajstić information content (AvgIpc) is 3.36. The fourth-order valence-electron chi connectivity index (χ4n) is 2.29. The molecule has 2 heterocycles. The molecule has 0 aliphatic carbocycles. The summed E-state index contributed by atoms with van der Waals surface area (Å²) in [6.45, 7) is 1.47. The van der Waals surface area contributed by atoms with Crippen LogP contribution in [0.25, 0.3) is 11.4 Å². The van der Waals surface area contributed by atoms with E-state index in [0.717, 1.165) is 5.56 Å². The number of nitrogens with zero attached hydrogens (tertiary/aromatic N) is 3. The van der Waals surface area contributed by atoms with E-state index in [0.29, 0.717) is 22.3 Å². The summed E-state index contributed by atoms with van der Waals surface area (Å²) in [7, 11) is 0. The number of benzene rings is 1. The van der Waals surface area contributed by atoms with E-state index in [4.69, 9.17) is 14.5 Å². The fourth-order valence-corrected chi connectivity index (χ4v) is 3.03. The summed E-state index contributed by atoms with van der Waals surface area (Å²) in [4.78, 5) is 28.3. The summed E-state index contributed by atoms with van der Waals surface area (Å²) in [6, 6.07) is 12.9. The lowest BCUT2D eigenvalue weighted by Crippen LogP contribution is -2.30. The van der Waals surface area contributed by atoms with Crippen molar-refractivity contribution in [2.24, 2.45) is 0 Å². The van der Waals surface area contributed by atoms with Gasteiger partial charge in [-0.15, -0.1) is 11.3 Å². The van der Waals surface area contributed by atoms with Gasteiger partial charge in [-0.1, -0.05) is 35.5 Å². The average molecular weight is 396 g/mol. The molecule has 1 amide bonds. The Bertz CT molecular complexity index is 1010. The molecule has 9 heteroatoms. The van der Waals surface area contributed by atoms with Crippen molar-refractivity contribution in [2.75, 3.05) is 5.32 Å². The van der Waals surface area contributed by atoms with Crippen LogP contribution in [0.4, 0.5) is 5.00 Å². The Labute approximate surface area is 164 Å². The van der Waals surface area contributed by atoms with E-state index in [1.807, 2.05) is 36.4 Å². The number of thiophene rings is 1. The van der Waals surface area contributed by atoms with E-state index in [1.54, 1.807) is 11.4 Å². The van der Waals surface area contributed by atoms with Crippen LogP contribution in [0.2, 0.25) is 0 Å². The minimum absolute atomic E-state index is 0.00348. The molecule has 1 atom stereocenters. The van der Waals surface area contributed by atoms with Crippen LogP contribution >= 0.6 is 11.3 Å². The topological polar surface area (TPSA) is 118 Å². The van der Waals surface area contributed by atoms with Crippen molar-refractivity contribution in [3.05, 3.63) is 53.2 Å². The maximum absolute atomic E-state index is 12.1. The molecule has 2 aromatic heterocycles. The van der Waals surface area contributed by atoms with E-state index in [-0.39, 0.29) is 12.8 Å². The van der Waals surface area contributed by atoms with Crippen molar-refractivity contribution in [1.82, 2.24) is 10.1 Å². The SMILES string of the molecule is C[C@@H](OC(=O)CCc1nc(-c2ccccc2)no1)C(=O)Nc1sccc1C#N. The Hall–Kier alpha value is -3.51. The molecule has 0 radical (unpaired) electrons. The molecule has 142 valence electrons. The van der Waals surface area contributed by atoms with Crippen LogP contribution in [0.1, 0.15) is 24.8 Å². The van der Waals surface area contributed by atoms with Crippen LogP contribution in [0.15, 0.2) is 46.3 Å². The van der Waals surface area contributed by atoms with Gasteiger partial charge in [-0.3, -0.25) is 9.59 Å². The number of carbonyl (C=O) groups is 2. The zero-order chi connectivity index (χ0) is 19.9. The first-order valence-electron chi connectivity index (χ1n) is 8.42. The summed E-state index contributed by atoms with van der Waals surface area (Å²) in [5.74, 6) is -0.309. The lowest BCUT2D eigenvalue weighted by molar-refractivity contribution is -0.153. The Kier molecular flexibility index (Phi) is 6.14. The predicted molar refractivity (Wildman–Crippen MR) is 101 cm³/mol. The van der Waals surface area contributed by atoms with Gasteiger partial charge >= 0.3 is 5.97 Å². The summed E-state index contributed by atoms with van der Waals surface area (Å²) in [5, 5.41) is 17.5. The molecule has 3 aromatic rings. The highest BCUT2D eigenvalue weighted by atomic mass is 32.1. The molecule has 0 spiro atoms.